The van der Waals surface area contributed by atoms with E-state index in [1.54, 1.807) is 11.7 Å². The first kappa shape index (κ1) is 14.6. The molecule has 2 aromatic rings. The molecule has 0 bridgehead atoms. The molecule has 1 N–H and O–H groups in total. The van der Waals surface area contributed by atoms with E-state index in [1.165, 1.54) is 18.5 Å². The van der Waals surface area contributed by atoms with Gasteiger partial charge in [0, 0.05) is 31.1 Å². The summed E-state index contributed by atoms with van der Waals surface area (Å²) in [7, 11) is 1.79. The van der Waals surface area contributed by atoms with Gasteiger partial charge in [0.1, 0.15) is 23.8 Å². The molecule has 20 heavy (non-hydrogen) atoms. The van der Waals surface area contributed by atoms with Crippen molar-refractivity contribution >= 4 is 0 Å². The Balaban J connectivity index is 2.24. The van der Waals surface area contributed by atoms with Gasteiger partial charge in [-0.15, -0.1) is 0 Å². The molecule has 0 radical (unpaired) electrons. The summed E-state index contributed by atoms with van der Waals surface area (Å²) >= 11 is 0. The van der Waals surface area contributed by atoms with E-state index >= 15 is 0 Å². The Morgan fingerprint density at radius 3 is 2.75 bits per heavy atom. The van der Waals surface area contributed by atoms with Gasteiger partial charge >= 0.3 is 0 Å². The highest BCUT2D eigenvalue weighted by Gasteiger charge is 2.18. The minimum atomic E-state index is -0.570. The predicted octanol–water partition coefficient (Wildman–Crippen LogP) is 2.38. The lowest BCUT2D eigenvalue weighted by Crippen LogP contribution is -2.26. The Hall–Kier alpha value is -1.82. The maximum Gasteiger partial charge on any atom is 0.138 e. The lowest BCUT2D eigenvalue weighted by atomic mass is 10.0. The summed E-state index contributed by atoms with van der Waals surface area (Å²) in [5, 5.41) is 7.27. The predicted molar refractivity (Wildman–Crippen MR) is 72.1 cm³/mol. The van der Waals surface area contributed by atoms with Crippen LogP contribution in [0.5, 0.6) is 0 Å². The van der Waals surface area contributed by atoms with E-state index in [0.717, 1.165) is 24.9 Å². The van der Waals surface area contributed by atoms with Crippen LogP contribution in [0.25, 0.3) is 0 Å². The molecule has 0 aliphatic heterocycles. The minimum absolute atomic E-state index is 0.251. The van der Waals surface area contributed by atoms with Crippen LogP contribution in [-0.2, 0) is 13.5 Å². The Bertz CT molecular complexity index is 568. The topological polar surface area (TPSA) is 42.7 Å². The van der Waals surface area contributed by atoms with Gasteiger partial charge in [-0.05, 0) is 19.0 Å². The van der Waals surface area contributed by atoms with E-state index in [1.807, 2.05) is 6.92 Å². The summed E-state index contributed by atoms with van der Waals surface area (Å²) in [5.41, 5.74) is 0.447. The van der Waals surface area contributed by atoms with Gasteiger partial charge in [-0.2, -0.15) is 5.10 Å². The van der Waals surface area contributed by atoms with Crippen molar-refractivity contribution in [2.24, 2.45) is 7.05 Å². The molecule has 0 saturated heterocycles. The van der Waals surface area contributed by atoms with Gasteiger partial charge < -0.3 is 5.32 Å². The van der Waals surface area contributed by atoms with Crippen LogP contribution in [0, 0.1) is 11.6 Å². The van der Waals surface area contributed by atoms with Crippen molar-refractivity contribution < 1.29 is 8.78 Å². The van der Waals surface area contributed by atoms with Crippen LogP contribution in [0.1, 0.15) is 30.8 Å². The van der Waals surface area contributed by atoms with Gasteiger partial charge in [-0.3, -0.25) is 4.68 Å². The molecule has 2 rings (SSSR count). The van der Waals surface area contributed by atoms with Crippen molar-refractivity contribution in [1.82, 2.24) is 20.1 Å². The number of benzene rings is 1. The largest absolute Gasteiger partial charge is 0.309 e. The summed E-state index contributed by atoms with van der Waals surface area (Å²) in [5.74, 6) is -0.359. The average Bonchev–Trinajstić information content (AvgIpc) is 2.80. The number of hydrogen-bond donors (Lipinski definition) is 1. The molecule has 0 aliphatic carbocycles. The molecular formula is C14H18F2N4. The first-order valence-corrected chi connectivity index (χ1v) is 6.63. The highest BCUT2D eigenvalue weighted by Crippen LogP contribution is 2.21. The fourth-order valence-corrected chi connectivity index (χ4v) is 2.08. The molecule has 0 fully saturated rings. The number of rotatable bonds is 6. The molecule has 6 heteroatoms. The van der Waals surface area contributed by atoms with Crippen LogP contribution in [-0.4, -0.2) is 21.3 Å². The van der Waals surface area contributed by atoms with E-state index in [0.29, 0.717) is 12.0 Å². The second-order valence-corrected chi connectivity index (χ2v) is 4.68. The van der Waals surface area contributed by atoms with Crippen LogP contribution in [0.4, 0.5) is 8.78 Å². The number of aromatic nitrogens is 3. The molecule has 1 heterocycles. The number of nitrogens with one attached hydrogen (secondary N) is 1. The fourth-order valence-electron chi connectivity index (χ4n) is 2.08. The fraction of sp³-hybridized carbons (Fsp3) is 0.429. The van der Waals surface area contributed by atoms with Crippen molar-refractivity contribution in [2.45, 2.75) is 25.8 Å². The molecule has 4 nitrogen and oxygen atoms in total. The Labute approximate surface area is 116 Å². The SMILES string of the molecule is CCCNC(Cc1ncnn1C)c1ccc(F)cc1F. The second-order valence-electron chi connectivity index (χ2n) is 4.68. The Morgan fingerprint density at radius 2 is 2.15 bits per heavy atom. The Morgan fingerprint density at radius 1 is 1.35 bits per heavy atom. The zero-order valence-corrected chi connectivity index (χ0v) is 11.6. The number of aryl methyl sites for hydroxylation is 1. The number of hydrogen-bond acceptors (Lipinski definition) is 3. The summed E-state index contributed by atoms with van der Waals surface area (Å²) in [6.45, 7) is 2.78. The maximum atomic E-state index is 13.9. The van der Waals surface area contributed by atoms with Gasteiger partial charge in [-0.1, -0.05) is 13.0 Å². The third-order valence-electron chi connectivity index (χ3n) is 3.17. The van der Waals surface area contributed by atoms with Crippen LogP contribution < -0.4 is 5.32 Å². The third-order valence-corrected chi connectivity index (χ3v) is 3.17. The lowest BCUT2D eigenvalue weighted by molar-refractivity contribution is 0.476. The smallest absolute Gasteiger partial charge is 0.138 e. The zero-order valence-electron chi connectivity index (χ0n) is 11.6. The first-order valence-electron chi connectivity index (χ1n) is 6.63. The summed E-state index contributed by atoms with van der Waals surface area (Å²) in [6.07, 6.45) is 2.89. The van der Waals surface area contributed by atoms with Crippen molar-refractivity contribution in [2.75, 3.05) is 6.54 Å². The van der Waals surface area contributed by atoms with Crippen LogP contribution in [0.3, 0.4) is 0 Å². The summed E-state index contributed by atoms with van der Waals surface area (Å²) < 4.78 is 28.6. The van der Waals surface area contributed by atoms with Gasteiger partial charge in [0.05, 0.1) is 0 Å². The van der Waals surface area contributed by atoms with Gasteiger partial charge in [0.15, 0.2) is 0 Å². The molecule has 108 valence electrons. The van der Waals surface area contributed by atoms with E-state index < -0.39 is 11.6 Å². The molecule has 0 saturated carbocycles. The van der Waals surface area contributed by atoms with E-state index in [9.17, 15) is 8.78 Å². The third kappa shape index (κ3) is 3.39. The van der Waals surface area contributed by atoms with Crippen molar-refractivity contribution in [1.29, 1.82) is 0 Å². The molecular weight excluding hydrogens is 262 g/mol. The van der Waals surface area contributed by atoms with Gasteiger partial charge in [-0.25, -0.2) is 13.8 Å². The minimum Gasteiger partial charge on any atom is -0.309 e. The van der Waals surface area contributed by atoms with Gasteiger partial charge in [0.2, 0.25) is 0 Å². The van der Waals surface area contributed by atoms with Crippen LogP contribution >= 0.6 is 0 Å². The highest BCUT2D eigenvalue weighted by molar-refractivity contribution is 5.23. The van der Waals surface area contributed by atoms with Crippen molar-refractivity contribution in [3.05, 3.63) is 47.5 Å². The number of halogens is 2. The molecule has 1 aromatic carbocycles. The monoisotopic (exact) mass is 280 g/mol. The quantitative estimate of drug-likeness (QED) is 0.883. The van der Waals surface area contributed by atoms with E-state index in [4.69, 9.17) is 0 Å². The molecule has 0 aliphatic rings. The normalized spacial score (nSPS) is 12.6. The molecule has 1 aromatic heterocycles. The maximum absolute atomic E-state index is 13.9. The summed E-state index contributed by atoms with van der Waals surface area (Å²) in [4.78, 5) is 4.15. The number of nitrogens with zero attached hydrogens (tertiary/aromatic N) is 3. The van der Waals surface area contributed by atoms with Crippen molar-refractivity contribution in [3.8, 4) is 0 Å². The van der Waals surface area contributed by atoms with Crippen LogP contribution in [0.2, 0.25) is 0 Å². The second kappa shape index (κ2) is 6.56. The average molecular weight is 280 g/mol. The molecule has 0 spiro atoms. The molecule has 1 unspecified atom stereocenters. The van der Waals surface area contributed by atoms with Crippen molar-refractivity contribution in [3.63, 3.8) is 0 Å². The van der Waals surface area contributed by atoms with Crippen LogP contribution in [0.15, 0.2) is 24.5 Å². The van der Waals surface area contributed by atoms with E-state index in [-0.39, 0.29) is 6.04 Å². The first-order chi connectivity index (χ1) is 9.61. The highest BCUT2D eigenvalue weighted by atomic mass is 19.1. The van der Waals surface area contributed by atoms with E-state index in [2.05, 4.69) is 15.4 Å². The van der Waals surface area contributed by atoms with Gasteiger partial charge in [0.25, 0.3) is 0 Å². The lowest BCUT2D eigenvalue weighted by Gasteiger charge is -2.19. The molecule has 0 amide bonds. The Kier molecular flexibility index (Phi) is 4.79. The molecule has 1 atom stereocenters. The zero-order chi connectivity index (χ0) is 14.5. The summed E-state index contributed by atoms with van der Waals surface area (Å²) in [6, 6.07) is 3.41. The standard InChI is InChI=1S/C14H18F2N4/c1-3-6-17-13(8-14-18-9-19-20(14)2)11-5-4-10(15)7-12(11)16/h4-5,7,9,13,17H,3,6,8H2,1-2H3.